The molecule has 0 radical (unpaired) electrons. The molecule has 1 rings (SSSR count). The van der Waals surface area contributed by atoms with Crippen LogP contribution in [0.5, 0.6) is 11.5 Å². The molecule has 2 N–H and O–H groups in total. The van der Waals surface area contributed by atoms with Crippen molar-refractivity contribution in [2.75, 3.05) is 14.2 Å². The molecule has 0 amide bonds. The van der Waals surface area contributed by atoms with Gasteiger partial charge in [-0.15, -0.1) is 0 Å². The zero-order chi connectivity index (χ0) is 11.4. The first-order valence-corrected chi connectivity index (χ1v) is 5.60. The SMILES string of the molecule is CC[C@H](N)c1cc(OC)c(OC)cc1Br. The summed E-state index contributed by atoms with van der Waals surface area (Å²) < 4.78 is 11.4. The van der Waals surface area contributed by atoms with E-state index in [1.165, 1.54) is 0 Å². The van der Waals surface area contributed by atoms with Crippen molar-refractivity contribution in [3.05, 3.63) is 22.2 Å². The Kier molecular flexibility index (Phi) is 4.42. The largest absolute Gasteiger partial charge is 0.493 e. The van der Waals surface area contributed by atoms with Crippen molar-refractivity contribution in [2.45, 2.75) is 19.4 Å². The van der Waals surface area contributed by atoms with E-state index in [0.29, 0.717) is 11.5 Å². The van der Waals surface area contributed by atoms with Gasteiger partial charge >= 0.3 is 0 Å². The summed E-state index contributed by atoms with van der Waals surface area (Å²) in [7, 11) is 3.23. The topological polar surface area (TPSA) is 44.5 Å². The quantitative estimate of drug-likeness (QED) is 0.918. The maximum Gasteiger partial charge on any atom is 0.161 e. The molecule has 0 aliphatic carbocycles. The highest BCUT2D eigenvalue weighted by atomic mass is 79.9. The molecule has 0 heterocycles. The number of halogens is 1. The summed E-state index contributed by atoms with van der Waals surface area (Å²) in [6, 6.07) is 3.81. The third-order valence-electron chi connectivity index (χ3n) is 2.34. The number of rotatable bonds is 4. The molecular formula is C11H16BrNO2. The van der Waals surface area contributed by atoms with Gasteiger partial charge in [-0.2, -0.15) is 0 Å². The zero-order valence-electron chi connectivity index (χ0n) is 9.21. The van der Waals surface area contributed by atoms with E-state index in [0.717, 1.165) is 16.5 Å². The molecule has 0 bridgehead atoms. The van der Waals surface area contributed by atoms with E-state index in [4.69, 9.17) is 15.2 Å². The Morgan fingerprint density at radius 1 is 1.27 bits per heavy atom. The monoisotopic (exact) mass is 273 g/mol. The number of methoxy groups -OCH3 is 2. The number of nitrogens with two attached hydrogens (primary N) is 1. The van der Waals surface area contributed by atoms with Crippen LogP contribution in [0, 0.1) is 0 Å². The summed E-state index contributed by atoms with van der Waals surface area (Å²) >= 11 is 3.48. The van der Waals surface area contributed by atoms with E-state index in [2.05, 4.69) is 15.9 Å². The molecule has 0 saturated heterocycles. The molecule has 3 nitrogen and oxygen atoms in total. The Morgan fingerprint density at radius 2 is 1.80 bits per heavy atom. The van der Waals surface area contributed by atoms with Gasteiger partial charge in [-0.25, -0.2) is 0 Å². The third kappa shape index (κ3) is 2.63. The van der Waals surface area contributed by atoms with E-state index >= 15 is 0 Å². The number of hydrogen-bond acceptors (Lipinski definition) is 3. The second kappa shape index (κ2) is 5.37. The molecule has 84 valence electrons. The van der Waals surface area contributed by atoms with Crippen LogP contribution < -0.4 is 15.2 Å². The highest BCUT2D eigenvalue weighted by Crippen LogP contribution is 2.35. The lowest BCUT2D eigenvalue weighted by atomic mass is 10.1. The number of benzene rings is 1. The molecule has 1 aromatic rings. The van der Waals surface area contributed by atoms with Crippen molar-refractivity contribution < 1.29 is 9.47 Å². The molecule has 4 heteroatoms. The highest BCUT2D eigenvalue weighted by Gasteiger charge is 2.13. The molecule has 0 spiro atoms. The van der Waals surface area contributed by atoms with Crippen LogP contribution in [-0.4, -0.2) is 14.2 Å². The molecule has 0 fully saturated rings. The van der Waals surface area contributed by atoms with Crippen molar-refractivity contribution >= 4 is 15.9 Å². The lowest BCUT2D eigenvalue weighted by Gasteiger charge is -2.15. The fraction of sp³-hybridized carbons (Fsp3) is 0.455. The normalized spacial score (nSPS) is 12.3. The van der Waals surface area contributed by atoms with Crippen molar-refractivity contribution in [1.82, 2.24) is 0 Å². The Bertz CT molecular complexity index is 342. The smallest absolute Gasteiger partial charge is 0.161 e. The van der Waals surface area contributed by atoms with E-state index < -0.39 is 0 Å². The minimum atomic E-state index is 0.0131. The predicted molar refractivity (Wildman–Crippen MR) is 64.5 cm³/mol. The van der Waals surface area contributed by atoms with Gasteiger partial charge in [0.05, 0.1) is 14.2 Å². The summed E-state index contributed by atoms with van der Waals surface area (Å²) in [5.41, 5.74) is 7.02. The molecular weight excluding hydrogens is 258 g/mol. The Hall–Kier alpha value is -0.740. The first kappa shape index (κ1) is 12.3. The molecule has 0 aliphatic rings. The molecule has 15 heavy (non-hydrogen) atoms. The van der Waals surface area contributed by atoms with E-state index in [1.54, 1.807) is 14.2 Å². The second-order valence-corrected chi connectivity index (χ2v) is 4.10. The van der Waals surface area contributed by atoms with Gasteiger partial charge in [-0.1, -0.05) is 22.9 Å². The summed E-state index contributed by atoms with van der Waals surface area (Å²) in [5, 5.41) is 0. The molecule has 0 aromatic heterocycles. The minimum Gasteiger partial charge on any atom is -0.493 e. The van der Waals surface area contributed by atoms with Gasteiger partial charge in [0, 0.05) is 10.5 Å². The minimum absolute atomic E-state index is 0.0131. The van der Waals surface area contributed by atoms with Gasteiger partial charge < -0.3 is 15.2 Å². The van der Waals surface area contributed by atoms with Crippen LogP contribution in [0.4, 0.5) is 0 Å². The van der Waals surface area contributed by atoms with E-state index in [-0.39, 0.29) is 6.04 Å². The Balaban J connectivity index is 3.19. The first-order chi connectivity index (χ1) is 7.13. The predicted octanol–water partition coefficient (Wildman–Crippen LogP) is 2.88. The molecule has 0 saturated carbocycles. The third-order valence-corrected chi connectivity index (χ3v) is 3.03. The summed E-state index contributed by atoms with van der Waals surface area (Å²) in [5.74, 6) is 1.41. The van der Waals surface area contributed by atoms with E-state index in [1.807, 2.05) is 19.1 Å². The number of hydrogen-bond donors (Lipinski definition) is 1. The average Bonchev–Trinajstić information content (AvgIpc) is 2.27. The molecule has 1 atom stereocenters. The van der Waals surface area contributed by atoms with Gasteiger partial charge in [0.15, 0.2) is 11.5 Å². The highest BCUT2D eigenvalue weighted by molar-refractivity contribution is 9.10. The lowest BCUT2D eigenvalue weighted by molar-refractivity contribution is 0.354. The zero-order valence-corrected chi connectivity index (χ0v) is 10.8. The summed E-state index contributed by atoms with van der Waals surface area (Å²) in [6.45, 7) is 2.05. The molecule has 0 unspecified atom stereocenters. The van der Waals surface area contributed by atoms with Gasteiger partial charge in [-0.3, -0.25) is 0 Å². The fourth-order valence-electron chi connectivity index (χ4n) is 1.37. The standard InChI is InChI=1S/C11H16BrNO2/c1-4-9(13)7-5-10(14-2)11(15-3)6-8(7)12/h5-6,9H,4,13H2,1-3H3/t9-/m0/s1. The lowest BCUT2D eigenvalue weighted by Crippen LogP contribution is -2.09. The van der Waals surface area contributed by atoms with Crippen molar-refractivity contribution in [1.29, 1.82) is 0 Å². The van der Waals surface area contributed by atoms with Gasteiger partial charge in [-0.05, 0) is 24.1 Å². The van der Waals surface area contributed by atoms with Crippen LogP contribution in [0.2, 0.25) is 0 Å². The van der Waals surface area contributed by atoms with Crippen molar-refractivity contribution in [3.8, 4) is 11.5 Å². The maximum atomic E-state index is 5.98. The summed E-state index contributed by atoms with van der Waals surface area (Å²) in [6.07, 6.45) is 0.883. The van der Waals surface area contributed by atoms with E-state index in [9.17, 15) is 0 Å². The average molecular weight is 274 g/mol. The van der Waals surface area contributed by atoms with Gasteiger partial charge in [0.25, 0.3) is 0 Å². The van der Waals surface area contributed by atoms with Gasteiger partial charge in [0.1, 0.15) is 0 Å². The van der Waals surface area contributed by atoms with Crippen LogP contribution in [0.15, 0.2) is 16.6 Å². The molecule has 1 aromatic carbocycles. The van der Waals surface area contributed by atoms with Crippen LogP contribution in [-0.2, 0) is 0 Å². The molecule has 0 aliphatic heterocycles. The van der Waals surface area contributed by atoms with Crippen LogP contribution >= 0.6 is 15.9 Å². The van der Waals surface area contributed by atoms with Crippen LogP contribution in [0.25, 0.3) is 0 Å². The number of ether oxygens (including phenoxy) is 2. The summed E-state index contributed by atoms with van der Waals surface area (Å²) in [4.78, 5) is 0. The Morgan fingerprint density at radius 3 is 2.27 bits per heavy atom. The fourth-order valence-corrected chi connectivity index (χ4v) is 1.99. The van der Waals surface area contributed by atoms with Gasteiger partial charge in [0.2, 0.25) is 0 Å². The van der Waals surface area contributed by atoms with Crippen LogP contribution in [0.3, 0.4) is 0 Å². The maximum absolute atomic E-state index is 5.98. The van der Waals surface area contributed by atoms with Crippen molar-refractivity contribution in [3.63, 3.8) is 0 Å². The van der Waals surface area contributed by atoms with Crippen molar-refractivity contribution in [2.24, 2.45) is 5.73 Å². The first-order valence-electron chi connectivity index (χ1n) is 4.81. The Labute approximate surface area is 98.7 Å². The van der Waals surface area contributed by atoms with Crippen LogP contribution in [0.1, 0.15) is 24.9 Å². The second-order valence-electron chi connectivity index (χ2n) is 3.24.